The molecular weight excluding hydrogens is 258 g/mol. The smallest absolute Gasteiger partial charge is 0.129 e. The molecule has 1 aromatic carbocycles. The van der Waals surface area contributed by atoms with E-state index in [4.69, 9.17) is 17.3 Å². The van der Waals surface area contributed by atoms with Crippen LogP contribution in [0.25, 0.3) is 11.1 Å². The fraction of sp³-hybridized carbons (Fsp3) is 0.400. The van der Waals surface area contributed by atoms with Crippen molar-refractivity contribution in [3.8, 4) is 11.1 Å². The number of halogens is 1. The zero-order valence-electron chi connectivity index (χ0n) is 11.9. The van der Waals surface area contributed by atoms with E-state index < -0.39 is 0 Å². The van der Waals surface area contributed by atoms with Crippen molar-refractivity contribution in [2.45, 2.75) is 27.2 Å². The molecular formula is C15H20ClN3. The average Bonchev–Trinajstić information content (AvgIpc) is 2.54. The van der Waals surface area contributed by atoms with Gasteiger partial charge in [0.25, 0.3) is 0 Å². The minimum atomic E-state index is 0.150. The molecule has 2 aromatic rings. The lowest BCUT2D eigenvalue weighted by Crippen LogP contribution is -2.10. The van der Waals surface area contributed by atoms with E-state index in [1.807, 2.05) is 31.3 Å². The molecule has 2 N–H and O–H groups in total. The molecule has 0 spiro atoms. The zero-order valence-corrected chi connectivity index (χ0v) is 12.6. The lowest BCUT2D eigenvalue weighted by Gasteiger charge is -2.17. The Morgan fingerprint density at radius 2 is 1.89 bits per heavy atom. The van der Waals surface area contributed by atoms with Gasteiger partial charge in [0.2, 0.25) is 0 Å². The minimum Gasteiger partial charge on any atom is -0.383 e. The molecule has 2 rings (SSSR count). The molecule has 4 heteroatoms. The monoisotopic (exact) mass is 277 g/mol. The minimum absolute atomic E-state index is 0.150. The second kappa shape index (κ2) is 4.89. The maximum Gasteiger partial charge on any atom is 0.129 e. The largest absolute Gasteiger partial charge is 0.383 e. The number of hydrogen-bond donors (Lipinski definition) is 1. The maximum atomic E-state index is 6.29. The van der Waals surface area contributed by atoms with Crippen molar-refractivity contribution < 1.29 is 0 Å². The Labute approximate surface area is 119 Å². The van der Waals surface area contributed by atoms with E-state index in [0.29, 0.717) is 10.8 Å². The number of hydrogen-bond acceptors (Lipinski definition) is 2. The SMILES string of the molecule is Cn1nc(CC(C)(C)C)c(-c2ccccc2Cl)c1N. The maximum absolute atomic E-state index is 6.29. The molecule has 1 aromatic heterocycles. The van der Waals surface area contributed by atoms with Gasteiger partial charge in [-0.05, 0) is 17.9 Å². The van der Waals surface area contributed by atoms with E-state index in [2.05, 4.69) is 25.9 Å². The van der Waals surface area contributed by atoms with Gasteiger partial charge in [-0.1, -0.05) is 50.6 Å². The zero-order chi connectivity index (χ0) is 14.2. The van der Waals surface area contributed by atoms with Gasteiger partial charge in [-0.2, -0.15) is 5.10 Å². The van der Waals surface area contributed by atoms with E-state index in [9.17, 15) is 0 Å². The van der Waals surface area contributed by atoms with E-state index in [1.54, 1.807) is 4.68 Å². The van der Waals surface area contributed by atoms with Gasteiger partial charge < -0.3 is 5.73 Å². The molecule has 3 nitrogen and oxygen atoms in total. The molecule has 102 valence electrons. The third kappa shape index (κ3) is 2.92. The molecule has 0 amide bonds. The van der Waals surface area contributed by atoms with Crippen LogP contribution in [-0.4, -0.2) is 9.78 Å². The molecule has 0 atom stereocenters. The summed E-state index contributed by atoms with van der Waals surface area (Å²) in [6.07, 6.45) is 0.860. The highest BCUT2D eigenvalue weighted by molar-refractivity contribution is 6.33. The molecule has 0 unspecified atom stereocenters. The number of aromatic nitrogens is 2. The van der Waals surface area contributed by atoms with Crippen molar-refractivity contribution >= 4 is 17.4 Å². The average molecular weight is 278 g/mol. The summed E-state index contributed by atoms with van der Waals surface area (Å²) in [5, 5.41) is 5.25. The first-order valence-corrected chi connectivity index (χ1v) is 6.73. The van der Waals surface area contributed by atoms with E-state index in [-0.39, 0.29) is 5.41 Å². The molecule has 0 bridgehead atoms. The van der Waals surface area contributed by atoms with Crippen molar-refractivity contribution in [2.24, 2.45) is 12.5 Å². The first-order chi connectivity index (χ1) is 8.79. The summed E-state index contributed by atoms with van der Waals surface area (Å²) in [6, 6.07) is 7.75. The van der Waals surface area contributed by atoms with Crippen LogP contribution in [0.5, 0.6) is 0 Å². The summed E-state index contributed by atoms with van der Waals surface area (Å²) >= 11 is 6.29. The number of rotatable bonds is 2. The lowest BCUT2D eigenvalue weighted by atomic mass is 9.88. The van der Waals surface area contributed by atoms with E-state index >= 15 is 0 Å². The highest BCUT2D eigenvalue weighted by Gasteiger charge is 2.22. The van der Waals surface area contributed by atoms with Gasteiger partial charge >= 0.3 is 0 Å². The number of anilines is 1. The van der Waals surface area contributed by atoms with E-state index in [1.165, 1.54) is 0 Å². The number of aryl methyl sites for hydroxylation is 1. The van der Waals surface area contributed by atoms with Crippen LogP contribution in [0.2, 0.25) is 5.02 Å². The molecule has 0 saturated carbocycles. The third-order valence-electron chi connectivity index (χ3n) is 3.01. The Hall–Kier alpha value is -1.48. The number of nitrogen functional groups attached to an aromatic ring is 1. The van der Waals surface area contributed by atoms with Crippen molar-refractivity contribution in [3.05, 3.63) is 35.0 Å². The van der Waals surface area contributed by atoms with Crippen LogP contribution in [0.4, 0.5) is 5.82 Å². The highest BCUT2D eigenvalue weighted by Crippen LogP contribution is 2.36. The Morgan fingerprint density at radius 1 is 1.26 bits per heavy atom. The molecule has 0 fully saturated rings. The first kappa shape index (κ1) is 13.9. The van der Waals surface area contributed by atoms with Gasteiger partial charge in [-0.25, -0.2) is 0 Å². The van der Waals surface area contributed by atoms with Crippen LogP contribution in [0.1, 0.15) is 26.5 Å². The van der Waals surface area contributed by atoms with Crippen LogP contribution in [0.3, 0.4) is 0 Å². The summed E-state index contributed by atoms with van der Waals surface area (Å²) in [6.45, 7) is 6.57. The molecule has 0 radical (unpaired) electrons. The van der Waals surface area contributed by atoms with Crippen LogP contribution in [0, 0.1) is 5.41 Å². The van der Waals surface area contributed by atoms with Crippen molar-refractivity contribution in [2.75, 3.05) is 5.73 Å². The number of nitrogens with zero attached hydrogens (tertiary/aromatic N) is 2. The van der Waals surface area contributed by atoms with E-state index in [0.717, 1.165) is 23.2 Å². The molecule has 19 heavy (non-hydrogen) atoms. The third-order valence-corrected chi connectivity index (χ3v) is 3.33. The Kier molecular flexibility index (Phi) is 3.59. The summed E-state index contributed by atoms with van der Waals surface area (Å²) in [7, 11) is 1.86. The number of nitrogens with two attached hydrogens (primary N) is 1. The van der Waals surface area contributed by atoms with Crippen molar-refractivity contribution in [3.63, 3.8) is 0 Å². The quantitative estimate of drug-likeness (QED) is 0.904. The van der Waals surface area contributed by atoms with Crippen molar-refractivity contribution in [1.29, 1.82) is 0 Å². The standard InChI is InChI=1S/C15H20ClN3/c1-15(2,3)9-12-13(14(17)19(4)18-12)10-7-5-6-8-11(10)16/h5-8H,9,17H2,1-4H3. The van der Waals surface area contributed by atoms with Gasteiger partial charge in [-0.15, -0.1) is 0 Å². The highest BCUT2D eigenvalue weighted by atomic mass is 35.5. The van der Waals surface area contributed by atoms with Gasteiger partial charge in [0.1, 0.15) is 5.82 Å². The van der Waals surface area contributed by atoms with Crippen LogP contribution >= 0.6 is 11.6 Å². The predicted octanol–water partition coefficient (Wildman–Crippen LogP) is 3.91. The molecule has 0 aliphatic rings. The normalized spacial score (nSPS) is 11.8. The lowest BCUT2D eigenvalue weighted by molar-refractivity contribution is 0.405. The predicted molar refractivity (Wildman–Crippen MR) is 81.2 cm³/mol. The topological polar surface area (TPSA) is 43.8 Å². The molecule has 0 aliphatic carbocycles. The summed E-state index contributed by atoms with van der Waals surface area (Å²) in [5.74, 6) is 0.660. The van der Waals surface area contributed by atoms with Crippen LogP contribution in [0.15, 0.2) is 24.3 Å². The van der Waals surface area contributed by atoms with Gasteiger partial charge in [0.05, 0.1) is 5.69 Å². The molecule has 1 heterocycles. The van der Waals surface area contributed by atoms with Gasteiger partial charge in [0.15, 0.2) is 0 Å². The van der Waals surface area contributed by atoms with Gasteiger partial charge in [0, 0.05) is 23.2 Å². The molecule has 0 aliphatic heterocycles. The molecule has 0 saturated heterocycles. The fourth-order valence-electron chi connectivity index (χ4n) is 2.18. The van der Waals surface area contributed by atoms with Gasteiger partial charge in [-0.3, -0.25) is 4.68 Å². The van der Waals surface area contributed by atoms with Crippen LogP contribution < -0.4 is 5.73 Å². The summed E-state index contributed by atoms with van der Waals surface area (Å²) in [4.78, 5) is 0. The van der Waals surface area contributed by atoms with Crippen LogP contribution in [-0.2, 0) is 13.5 Å². The van der Waals surface area contributed by atoms with Crippen molar-refractivity contribution in [1.82, 2.24) is 9.78 Å². The number of benzene rings is 1. The fourth-order valence-corrected chi connectivity index (χ4v) is 2.41. The second-order valence-electron chi connectivity index (χ2n) is 6.05. The Morgan fingerprint density at radius 3 is 2.47 bits per heavy atom. The summed E-state index contributed by atoms with van der Waals surface area (Å²) in [5.41, 5.74) is 9.23. The first-order valence-electron chi connectivity index (χ1n) is 6.36. The second-order valence-corrected chi connectivity index (χ2v) is 6.46. The Balaban J connectivity index is 2.59. The summed E-state index contributed by atoms with van der Waals surface area (Å²) < 4.78 is 1.72. The Bertz CT molecular complexity index is 594.